The molecular weight excluding hydrogens is 139 g/mol. The Morgan fingerprint density at radius 3 is 2.60 bits per heavy atom. The fourth-order valence-electron chi connectivity index (χ4n) is 2.25. The average molecular weight is 158 g/mol. The Labute approximate surface area is 67.0 Å². The molecule has 3 unspecified atom stereocenters. The molecule has 0 aromatic rings. The van der Waals surface area contributed by atoms with Gasteiger partial charge in [0.05, 0.1) is 0 Å². The van der Waals surface area contributed by atoms with Gasteiger partial charge < -0.3 is 0 Å². The lowest BCUT2D eigenvalue weighted by molar-refractivity contribution is 0.408. The fourth-order valence-corrected chi connectivity index (χ4v) is 2.85. The maximum absolute atomic E-state index is 3.09. The van der Waals surface area contributed by atoms with E-state index in [-0.39, 0.29) is 0 Å². The largest absolute Gasteiger partial charge is 0.131 e. The molecule has 0 radical (unpaired) electrons. The first-order valence-corrected chi connectivity index (χ1v) is 5.09. The first kappa shape index (κ1) is 8.53. The van der Waals surface area contributed by atoms with E-state index in [9.17, 15) is 0 Å². The highest BCUT2D eigenvalue weighted by atomic mass is 31.0. The summed E-state index contributed by atoms with van der Waals surface area (Å²) < 4.78 is 0. The van der Waals surface area contributed by atoms with Crippen LogP contribution in [0.3, 0.4) is 0 Å². The Morgan fingerprint density at radius 1 is 1.50 bits per heavy atom. The second kappa shape index (κ2) is 3.22. The van der Waals surface area contributed by atoms with Gasteiger partial charge in [-0.1, -0.05) is 26.7 Å². The molecule has 0 amide bonds. The third-order valence-corrected chi connectivity index (χ3v) is 4.33. The standard InChI is InChI=1S/C9H19P/c1-3-8-6-5-7-9(8,10)4-2/h8H,3-7,10H2,1-2H3. The van der Waals surface area contributed by atoms with Gasteiger partial charge in [0.25, 0.3) is 0 Å². The van der Waals surface area contributed by atoms with Crippen LogP contribution in [-0.2, 0) is 0 Å². The van der Waals surface area contributed by atoms with Gasteiger partial charge in [-0.3, -0.25) is 0 Å². The highest BCUT2D eigenvalue weighted by Gasteiger charge is 2.35. The van der Waals surface area contributed by atoms with Gasteiger partial charge in [-0.2, -0.15) is 0 Å². The zero-order valence-corrected chi connectivity index (χ0v) is 8.34. The highest BCUT2D eigenvalue weighted by Crippen LogP contribution is 2.46. The van der Waals surface area contributed by atoms with Crippen LogP contribution in [0.25, 0.3) is 0 Å². The van der Waals surface area contributed by atoms with Crippen molar-refractivity contribution >= 4 is 9.24 Å². The Hall–Kier alpha value is 0.430. The molecule has 3 atom stereocenters. The molecule has 1 saturated carbocycles. The van der Waals surface area contributed by atoms with Crippen molar-refractivity contribution in [3.63, 3.8) is 0 Å². The Kier molecular flexibility index (Phi) is 2.74. The number of hydrogen-bond acceptors (Lipinski definition) is 0. The molecule has 1 heteroatoms. The van der Waals surface area contributed by atoms with Crippen LogP contribution in [0.4, 0.5) is 0 Å². The van der Waals surface area contributed by atoms with Gasteiger partial charge in [-0.15, -0.1) is 9.24 Å². The van der Waals surface area contributed by atoms with E-state index < -0.39 is 0 Å². The summed E-state index contributed by atoms with van der Waals surface area (Å²) >= 11 is 0. The van der Waals surface area contributed by atoms with E-state index in [1.165, 1.54) is 32.1 Å². The first-order chi connectivity index (χ1) is 4.73. The molecule has 10 heavy (non-hydrogen) atoms. The molecule has 1 aliphatic carbocycles. The summed E-state index contributed by atoms with van der Waals surface area (Å²) in [6.07, 6.45) is 7.07. The van der Waals surface area contributed by atoms with Crippen molar-refractivity contribution in [1.29, 1.82) is 0 Å². The van der Waals surface area contributed by atoms with Crippen LogP contribution in [0.5, 0.6) is 0 Å². The van der Waals surface area contributed by atoms with Gasteiger partial charge >= 0.3 is 0 Å². The lowest BCUT2D eigenvalue weighted by Crippen LogP contribution is -2.23. The maximum Gasteiger partial charge on any atom is -0.0125 e. The van der Waals surface area contributed by atoms with Crippen LogP contribution in [0.15, 0.2) is 0 Å². The van der Waals surface area contributed by atoms with E-state index in [4.69, 9.17) is 0 Å². The maximum atomic E-state index is 3.09. The number of hydrogen-bond donors (Lipinski definition) is 0. The molecule has 0 aliphatic heterocycles. The molecule has 0 nitrogen and oxygen atoms in total. The second-order valence-electron chi connectivity index (χ2n) is 3.58. The van der Waals surface area contributed by atoms with Gasteiger partial charge in [-0.25, -0.2) is 0 Å². The van der Waals surface area contributed by atoms with Crippen molar-refractivity contribution in [2.24, 2.45) is 5.92 Å². The minimum atomic E-state index is 0.620. The first-order valence-electron chi connectivity index (χ1n) is 4.52. The van der Waals surface area contributed by atoms with Crippen molar-refractivity contribution in [3.05, 3.63) is 0 Å². The van der Waals surface area contributed by atoms with Gasteiger partial charge in [0.2, 0.25) is 0 Å². The summed E-state index contributed by atoms with van der Waals surface area (Å²) in [6.45, 7) is 4.64. The molecule has 60 valence electrons. The molecule has 0 aromatic heterocycles. The molecule has 0 N–H and O–H groups in total. The third kappa shape index (κ3) is 1.37. The fraction of sp³-hybridized carbons (Fsp3) is 1.00. The predicted octanol–water partition coefficient (Wildman–Crippen LogP) is 3.22. The molecule has 0 heterocycles. The summed E-state index contributed by atoms with van der Waals surface area (Å²) in [4.78, 5) is 0. The quantitative estimate of drug-likeness (QED) is 0.541. The molecule has 0 spiro atoms. The van der Waals surface area contributed by atoms with Crippen LogP contribution in [-0.4, -0.2) is 5.16 Å². The van der Waals surface area contributed by atoms with Crippen LogP contribution in [0, 0.1) is 5.92 Å². The summed E-state index contributed by atoms with van der Waals surface area (Å²) in [5.41, 5.74) is 0. The monoisotopic (exact) mass is 158 g/mol. The molecule has 0 bridgehead atoms. The smallest absolute Gasteiger partial charge is 0.0125 e. The molecule has 0 saturated heterocycles. The average Bonchev–Trinajstić information content (AvgIpc) is 2.32. The van der Waals surface area contributed by atoms with E-state index in [1.54, 1.807) is 0 Å². The molecule has 1 aliphatic rings. The minimum absolute atomic E-state index is 0.620. The van der Waals surface area contributed by atoms with Crippen molar-refractivity contribution in [1.82, 2.24) is 0 Å². The Balaban J connectivity index is 2.56. The third-order valence-electron chi connectivity index (χ3n) is 3.16. The van der Waals surface area contributed by atoms with Crippen LogP contribution >= 0.6 is 9.24 Å². The molecule has 1 rings (SSSR count). The zero-order valence-electron chi connectivity index (χ0n) is 7.19. The second-order valence-corrected chi connectivity index (χ2v) is 4.73. The summed E-state index contributed by atoms with van der Waals surface area (Å²) in [5, 5.41) is 0.620. The Morgan fingerprint density at radius 2 is 2.20 bits per heavy atom. The summed E-state index contributed by atoms with van der Waals surface area (Å²) in [5.74, 6) is 0.988. The SMILES string of the molecule is CCC1CCCC1(P)CC. The van der Waals surface area contributed by atoms with Crippen LogP contribution in [0.2, 0.25) is 0 Å². The summed E-state index contributed by atoms with van der Waals surface area (Å²) in [6, 6.07) is 0. The van der Waals surface area contributed by atoms with E-state index in [2.05, 4.69) is 23.1 Å². The van der Waals surface area contributed by atoms with Crippen molar-refractivity contribution in [3.8, 4) is 0 Å². The topological polar surface area (TPSA) is 0 Å². The summed E-state index contributed by atoms with van der Waals surface area (Å²) in [7, 11) is 3.09. The molecule has 0 aromatic carbocycles. The minimum Gasteiger partial charge on any atom is -0.131 e. The molecular formula is C9H19P. The van der Waals surface area contributed by atoms with Crippen LogP contribution in [0.1, 0.15) is 46.0 Å². The van der Waals surface area contributed by atoms with Gasteiger partial charge in [0, 0.05) is 0 Å². The van der Waals surface area contributed by atoms with Gasteiger partial charge in [-0.05, 0) is 30.3 Å². The van der Waals surface area contributed by atoms with Crippen molar-refractivity contribution in [2.75, 3.05) is 0 Å². The van der Waals surface area contributed by atoms with E-state index in [1.807, 2.05) is 0 Å². The normalized spacial score (nSPS) is 40.5. The van der Waals surface area contributed by atoms with E-state index >= 15 is 0 Å². The zero-order chi connectivity index (χ0) is 7.61. The van der Waals surface area contributed by atoms with Crippen molar-refractivity contribution in [2.45, 2.75) is 51.1 Å². The molecule has 1 fully saturated rings. The van der Waals surface area contributed by atoms with Crippen LogP contribution < -0.4 is 0 Å². The van der Waals surface area contributed by atoms with Gasteiger partial charge in [0.15, 0.2) is 0 Å². The lowest BCUT2D eigenvalue weighted by Gasteiger charge is -2.29. The Bertz CT molecular complexity index is 111. The highest BCUT2D eigenvalue weighted by molar-refractivity contribution is 7.19. The van der Waals surface area contributed by atoms with E-state index in [0.29, 0.717) is 5.16 Å². The lowest BCUT2D eigenvalue weighted by atomic mass is 9.90. The van der Waals surface area contributed by atoms with Crippen molar-refractivity contribution < 1.29 is 0 Å². The predicted molar refractivity (Wildman–Crippen MR) is 50.4 cm³/mol. The van der Waals surface area contributed by atoms with E-state index in [0.717, 1.165) is 5.92 Å². The van der Waals surface area contributed by atoms with Gasteiger partial charge in [0.1, 0.15) is 0 Å². The number of rotatable bonds is 2.